The van der Waals surface area contributed by atoms with Crippen molar-refractivity contribution in [2.75, 3.05) is 13.2 Å². The van der Waals surface area contributed by atoms with Gasteiger partial charge in [-0.1, -0.05) is 18.1 Å². The molecule has 29 heavy (non-hydrogen) atoms. The highest BCUT2D eigenvalue weighted by Gasteiger charge is 2.21. The summed E-state index contributed by atoms with van der Waals surface area (Å²) in [6.07, 6.45) is 1.64. The van der Waals surface area contributed by atoms with Gasteiger partial charge in [0.25, 0.3) is 0 Å². The van der Waals surface area contributed by atoms with E-state index in [1.165, 1.54) is 6.07 Å². The monoisotopic (exact) mass is 394 g/mol. The molecule has 4 rings (SSSR count). The van der Waals surface area contributed by atoms with E-state index in [9.17, 15) is 4.39 Å². The van der Waals surface area contributed by atoms with Crippen LogP contribution >= 0.6 is 0 Å². The van der Waals surface area contributed by atoms with E-state index in [1.807, 2.05) is 19.1 Å². The molecule has 0 saturated heterocycles. The van der Waals surface area contributed by atoms with Gasteiger partial charge < -0.3 is 9.94 Å². The smallest absolute Gasteiger partial charge is 0.177 e. The van der Waals surface area contributed by atoms with Crippen molar-refractivity contribution in [2.45, 2.75) is 19.8 Å². The van der Waals surface area contributed by atoms with Crippen LogP contribution in [0.1, 0.15) is 36.8 Å². The third-order valence-electron chi connectivity index (χ3n) is 4.62. The minimum Gasteiger partial charge on any atom is -0.393 e. The molecule has 1 N–H and O–H groups in total. The summed E-state index contributed by atoms with van der Waals surface area (Å²) >= 11 is 0. The average molecular weight is 394 g/mol. The molecule has 0 fully saturated rings. The molecule has 0 spiro atoms. The highest BCUT2D eigenvalue weighted by molar-refractivity contribution is 5.96. The summed E-state index contributed by atoms with van der Waals surface area (Å²) in [7, 11) is 0. The molecule has 0 saturated carbocycles. The Bertz CT molecular complexity index is 1210. The van der Waals surface area contributed by atoms with Crippen LogP contribution in [0, 0.1) is 5.82 Å². The van der Waals surface area contributed by atoms with Crippen molar-refractivity contribution in [1.82, 2.24) is 24.8 Å². The fourth-order valence-electron chi connectivity index (χ4n) is 3.08. The van der Waals surface area contributed by atoms with Crippen LogP contribution in [0.2, 0.25) is 0 Å². The number of aliphatic hydroxyl groups is 1. The van der Waals surface area contributed by atoms with Crippen LogP contribution in [0.3, 0.4) is 0 Å². The first-order valence-corrected chi connectivity index (χ1v) is 9.13. The second-order valence-corrected chi connectivity index (χ2v) is 6.57. The first-order chi connectivity index (χ1) is 14.1. The van der Waals surface area contributed by atoms with Gasteiger partial charge in [-0.15, -0.1) is 10.2 Å². The van der Waals surface area contributed by atoms with Crippen LogP contribution < -0.4 is 0 Å². The van der Waals surface area contributed by atoms with Crippen LogP contribution in [0.25, 0.3) is 16.6 Å². The quantitative estimate of drug-likeness (QED) is 0.307. The fraction of sp³-hybridized carbons (Fsp3) is 0.250. The molecule has 1 atom stereocenters. The molecule has 0 unspecified atom stereocenters. The van der Waals surface area contributed by atoms with Crippen molar-refractivity contribution in [1.29, 1.82) is 0 Å². The van der Waals surface area contributed by atoms with E-state index in [2.05, 4.69) is 25.4 Å². The largest absolute Gasteiger partial charge is 0.393 e. The lowest BCUT2D eigenvalue weighted by Gasteiger charge is -2.12. The van der Waals surface area contributed by atoms with Gasteiger partial charge in [0.1, 0.15) is 23.8 Å². The van der Waals surface area contributed by atoms with Crippen LogP contribution in [0.5, 0.6) is 0 Å². The number of fused-ring (bicyclic) bond motifs is 2. The van der Waals surface area contributed by atoms with Gasteiger partial charge in [-0.05, 0) is 36.8 Å². The number of pyridine rings is 1. The van der Waals surface area contributed by atoms with E-state index in [0.717, 1.165) is 5.39 Å². The molecule has 4 aromatic rings. The second kappa shape index (κ2) is 7.88. The molecule has 8 nitrogen and oxygen atoms in total. The zero-order valence-electron chi connectivity index (χ0n) is 15.9. The molecule has 3 aromatic heterocycles. The van der Waals surface area contributed by atoms with Crippen LogP contribution in [0.15, 0.2) is 47.8 Å². The third kappa shape index (κ3) is 3.64. The summed E-state index contributed by atoms with van der Waals surface area (Å²) in [5.74, 6) is -0.236. The van der Waals surface area contributed by atoms with Gasteiger partial charge >= 0.3 is 0 Å². The number of nitrogens with zero attached hydrogens (tertiary/aromatic N) is 6. The minimum atomic E-state index is -0.389. The summed E-state index contributed by atoms with van der Waals surface area (Å²) in [5, 5.41) is 26.5. The van der Waals surface area contributed by atoms with Crippen molar-refractivity contribution in [3.63, 3.8) is 0 Å². The molecule has 0 aliphatic rings. The predicted octanol–water partition coefficient (Wildman–Crippen LogP) is 2.70. The topological polar surface area (TPSA) is 97.8 Å². The molecule has 0 aliphatic heterocycles. The molecule has 0 aliphatic carbocycles. The Hall–Kier alpha value is -3.46. The molecule has 3 heterocycles. The first-order valence-electron chi connectivity index (χ1n) is 9.13. The van der Waals surface area contributed by atoms with E-state index in [1.54, 1.807) is 35.8 Å². The fourth-order valence-corrected chi connectivity index (χ4v) is 3.08. The first kappa shape index (κ1) is 18.9. The van der Waals surface area contributed by atoms with Crippen molar-refractivity contribution >= 4 is 22.3 Å². The number of aliphatic hydroxyl groups excluding tert-OH is 1. The maximum absolute atomic E-state index is 14.8. The van der Waals surface area contributed by atoms with Gasteiger partial charge in [-0.2, -0.15) is 9.61 Å². The standard InChI is InChI=1S/C20H19FN6O2/c1-12(15-10-14-4-3-7-22-18(14)11-16(15)21)20-24-23-19-6-5-17(25-27(19)20)13(2)26-29-9-8-28/h3-7,10-12,28H,8-9H2,1-2H3/b26-13-/t12-/m0/s1. The van der Waals surface area contributed by atoms with Gasteiger partial charge in [0.15, 0.2) is 11.5 Å². The van der Waals surface area contributed by atoms with Gasteiger partial charge in [0, 0.05) is 23.6 Å². The number of rotatable bonds is 6. The predicted molar refractivity (Wildman–Crippen MR) is 105 cm³/mol. The normalized spacial score (nSPS) is 13.2. The van der Waals surface area contributed by atoms with E-state index >= 15 is 0 Å². The Morgan fingerprint density at radius 2 is 2.14 bits per heavy atom. The molecular formula is C20H19FN6O2. The van der Waals surface area contributed by atoms with Gasteiger partial charge in [-0.25, -0.2) is 4.39 Å². The lowest BCUT2D eigenvalue weighted by atomic mass is 9.98. The maximum atomic E-state index is 14.8. The Morgan fingerprint density at radius 3 is 2.97 bits per heavy atom. The van der Waals surface area contributed by atoms with Crippen molar-refractivity contribution in [3.05, 3.63) is 65.5 Å². The highest BCUT2D eigenvalue weighted by atomic mass is 19.1. The van der Waals surface area contributed by atoms with E-state index in [-0.39, 0.29) is 24.9 Å². The van der Waals surface area contributed by atoms with Crippen molar-refractivity contribution in [2.24, 2.45) is 5.16 Å². The zero-order chi connectivity index (χ0) is 20.4. The average Bonchev–Trinajstić information content (AvgIpc) is 3.16. The molecule has 0 bridgehead atoms. The van der Waals surface area contributed by atoms with Gasteiger partial charge in [0.2, 0.25) is 0 Å². The van der Waals surface area contributed by atoms with E-state index < -0.39 is 0 Å². The van der Waals surface area contributed by atoms with E-state index in [4.69, 9.17) is 9.94 Å². The Balaban J connectivity index is 1.75. The number of aromatic nitrogens is 5. The summed E-state index contributed by atoms with van der Waals surface area (Å²) < 4.78 is 16.3. The Morgan fingerprint density at radius 1 is 1.28 bits per heavy atom. The molecule has 0 amide bonds. The Labute approximate surface area is 165 Å². The van der Waals surface area contributed by atoms with Crippen molar-refractivity contribution in [3.8, 4) is 0 Å². The maximum Gasteiger partial charge on any atom is 0.177 e. The summed E-state index contributed by atoms with van der Waals surface area (Å²) in [4.78, 5) is 9.19. The summed E-state index contributed by atoms with van der Waals surface area (Å²) in [6, 6.07) is 10.4. The lowest BCUT2D eigenvalue weighted by Crippen LogP contribution is -2.10. The SMILES string of the molecule is C/C(=N/OCCO)c1ccc2nnc([C@@H](C)c3cc4cccnc4cc3F)n2n1. The van der Waals surface area contributed by atoms with Crippen LogP contribution in [0.4, 0.5) is 4.39 Å². The van der Waals surface area contributed by atoms with Crippen LogP contribution in [-0.4, -0.2) is 48.8 Å². The van der Waals surface area contributed by atoms with E-state index in [0.29, 0.717) is 34.0 Å². The molecular weight excluding hydrogens is 375 g/mol. The van der Waals surface area contributed by atoms with Gasteiger partial charge in [-0.3, -0.25) is 4.98 Å². The summed E-state index contributed by atoms with van der Waals surface area (Å²) in [5.41, 5.74) is 2.73. The number of oxime groups is 1. The summed E-state index contributed by atoms with van der Waals surface area (Å²) in [6.45, 7) is 3.58. The number of halogens is 1. The minimum absolute atomic E-state index is 0.102. The Kier molecular flexibility index (Phi) is 5.13. The second-order valence-electron chi connectivity index (χ2n) is 6.57. The number of hydrogen-bond acceptors (Lipinski definition) is 7. The van der Waals surface area contributed by atoms with Gasteiger partial charge in [0.05, 0.1) is 12.1 Å². The number of hydrogen-bond donors (Lipinski definition) is 1. The third-order valence-corrected chi connectivity index (χ3v) is 4.62. The number of benzene rings is 1. The van der Waals surface area contributed by atoms with Crippen LogP contribution in [-0.2, 0) is 4.84 Å². The highest BCUT2D eigenvalue weighted by Crippen LogP contribution is 2.28. The molecule has 148 valence electrons. The molecule has 9 heteroatoms. The zero-order valence-corrected chi connectivity index (χ0v) is 15.9. The van der Waals surface area contributed by atoms with Crippen molar-refractivity contribution < 1.29 is 14.3 Å². The molecule has 0 radical (unpaired) electrons. The lowest BCUT2D eigenvalue weighted by molar-refractivity contribution is 0.0986. The molecule has 1 aromatic carbocycles.